The summed E-state index contributed by atoms with van der Waals surface area (Å²) in [6, 6.07) is 3.71. The minimum Gasteiger partial charge on any atom is -0.253 e. The molecule has 0 spiro atoms. The van der Waals surface area contributed by atoms with Gasteiger partial charge in [0.15, 0.2) is 0 Å². The van der Waals surface area contributed by atoms with Crippen molar-refractivity contribution < 1.29 is 0 Å². The molecule has 0 saturated heterocycles. The van der Waals surface area contributed by atoms with E-state index in [9.17, 15) is 0 Å². The maximum atomic E-state index is 5.98. The number of hydrogen-bond acceptors (Lipinski definition) is 2. The Morgan fingerprint density at radius 3 is 3.00 bits per heavy atom. The van der Waals surface area contributed by atoms with E-state index in [2.05, 4.69) is 25.9 Å². The maximum absolute atomic E-state index is 5.98. The quantitative estimate of drug-likeness (QED) is 0.711. The van der Waals surface area contributed by atoms with E-state index >= 15 is 0 Å². The predicted octanol–water partition coefficient (Wildman–Crippen LogP) is 3.05. The molecule has 0 amide bonds. The lowest BCUT2D eigenvalue weighted by Gasteiger charge is -1.98. The van der Waals surface area contributed by atoms with Crippen LogP contribution in [0.25, 0.3) is 11.0 Å². The third-order valence-corrected chi connectivity index (χ3v) is 2.73. The van der Waals surface area contributed by atoms with Crippen LogP contribution in [0.4, 0.5) is 0 Å². The first-order chi connectivity index (χ1) is 5.79. The third kappa shape index (κ3) is 1.19. The summed E-state index contributed by atoms with van der Waals surface area (Å²) < 4.78 is 0.773. The Kier molecular flexibility index (Phi) is 1.98. The van der Waals surface area contributed by atoms with Crippen molar-refractivity contribution in [2.75, 3.05) is 0 Å². The van der Waals surface area contributed by atoms with Gasteiger partial charge in [-0.25, -0.2) is 0 Å². The van der Waals surface area contributed by atoms with Crippen LogP contribution in [-0.2, 0) is 0 Å². The molecule has 0 aromatic carbocycles. The lowest BCUT2D eigenvalue weighted by molar-refractivity contribution is 1.32. The zero-order chi connectivity index (χ0) is 8.55. The summed E-state index contributed by atoms with van der Waals surface area (Å²) in [5.74, 6) is 0. The van der Waals surface area contributed by atoms with E-state index in [-0.39, 0.29) is 0 Å². The average Bonchev–Trinajstić information content (AvgIpc) is 2.12. The van der Waals surface area contributed by atoms with Gasteiger partial charge in [0.05, 0.1) is 15.0 Å². The number of hydrogen-bond donors (Lipinski definition) is 0. The zero-order valence-electron chi connectivity index (χ0n) is 5.96. The summed E-state index contributed by atoms with van der Waals surface area (Å²) in [5, 5.41) is 0.612. The van der Waals surface area contributed by atoms with Crippen LogP contribution in [0.15, 0.2) is 29.0 Å². The van der Waals surface area contributed by atoms with Crippen molar-refractivity contribution in [2.45, 2.75) is 0 Å². The van der Waals surface area contributed by atoms with E-state index in [0.29, 0.717) is 5.02 Å². The molecule has 12 heavy (non-hydrogen) atoms. The van der Waals surface area contributed by atoms with Gasteiger partial charge in [0.2, 0.25) is 0 Å². The molecular formula is C8H4BrClN2. The normalized spacial score (nSPS) is 10.5. The van der Waals surface area contributed by atoms with Crippen LogP contribution in [0.5, 0.6) is 0 Å². The van der Waals surface area contributed by atoms with Gasteiger partial charge in [-0.2, -0.15) is 0 Å². The summed E-state index contributed by atoms with van der Waals surface area (Å²) in [4.78, 5) is 8.26. The van der Waals surface area contributed by atoms with E-state index in [0.717, 1.165) is 15.5 Å². The first-order valence-electron chi connectivity index (χ1n) is 3.34. The number of pyridine rings is 2. The molecule has 2 aromatic heterocycles. The Labute approximate surface area is 82.7 Å². The van der Waals surface area contributed by atoms with Crippen LogP contribution in [0.1, 0.15) is 0 Å². The van der Waals surface area contributed by atoms with Gasteiger partial charge in [-0.3, -0.25) is 9.97 Å². The Morgan fingerprint density at radius 2 is 2.17 bits per heavy atom. The Morgan fingerprint density at radius 1 is 1.33 bits per heavy atom. The zero-order valence-corrected chi connectivity index (χ0v) is 8.30. The van der Waals surface area contributed by atoms with Gasteiger partial charge in [-0.05, 0) is 28.1 Å². The highest BCUT2D eigenvalue weighted by atomic mass is 79.9. The van der Waals surface area contributed by atoms with E-state index in [1.54, 1.807) is 12.4 Å². The molecule has 0 aliphatic heterocycles. The third-order valence-electron chi connectivity index (χ3n) is 1.52. The molecule has 0 bridgehead atoms. The molecule has 0 aliphatic carbocycles. The first-order valence-corrected chi connectivity index (χ1v) is 4.51. The maximum Gasteiger partial charge on any atom is 0.108 e. The summed E-state index contributed by atoms with van der Waals surface area (Å²) in [6.45, 7) is 0. The molecule has 2 aromatic rings. The second kappa shape index (κ2) is 2.99. The molecule has 2 rings (SSSR count). The van der Waals surface area contributed by atoms with Crippen molar-refractivity contribution in [3.05, 3.63) is 34.0 Å². The number of rotatable bonds is 0. The standard InChI is InChI=1S/C8H4BrClN2/c9-5-4-12-6-2-1-3-11-8(6)7(5)10/h1-4H. The summed E-state index contributed by atoms with van der Waals surface area (Å²) in [5.41, 5.74) is 1.54. The minimum atomic E-state index is 0.612. The second-order valence-corrected chi connectivity index (χ2v) is 3.52. The van der Waals surface area contributed by atoms with Gasteiger partial charge < -0.3 is 0 Å². The minimum absolute atomic E-state index is 0.612. The number of halogens is 2. The Balaban J connectivity index is 2.91. The number of nitrogens with zero attached hydrogens (tertiary/aromatic N) is 2. The van der Waals surface area contributed by atoms with E-state index in [1.807, 2.05) is 12.1 Å². The fourth-order valence-electron chi connectivity index (χ4n) is 0.966. The topological polar surface area (TPSA) is 25.8 Å². The van der Waals surface area contributed by atoms with Crippen LogP contribution in [0, 0.1) is 0 Å². The largest absolute Gasteiger partial charge is 0.253 e. The van der Waals surface area contributed by atoms with E-state index < -0.39 is 0 Å². The molecule has 2 heterocycles. The van der Waals surface area contributed by atoms with E-state index in [1.165, 1.54) is 0 Å². The molecule has 0 unspecified atom stereocenters. The smallest absolute Gasteiger partial charge is 0.108 e. The summed E-state index contributed by atoms with van der Waals surface area (Å²) in [7, 11) is 0. The van der Waals surface area contributed by atoms with E-state index in [4.69, 9.17) is 11.6 Å². The van der Waals surface area contributed by atoms with Gasteiger partial charge in [0.25, 0.3) is 0 Å². The fourth-order valence-corrected chi connectivity index (χ4v) is 1.45. The van der Waals surface area contributed by atoms with Crippen molar-refractivity contribution in [2.24, 2.45) is 0 Å². The second-order valence-electron chi connectivity index (χ2n) is 2.29. The Bertz CT molecular complexity index is 430. The molecular weight excluding hydrogens is 239 g/mol. The first kappa shape index (κ1) is 7.95. The highest BCUT2D eigenvalue weighted by Gasteiger charge is 2.03. The molecule has 0 N–H and O–H groups in total. The fraction of sp³-hybridized carbons (Fsp3) is 0. The Hall–Kier alpha value is -0.670. The van der Waals surface area contributed by atoms with Crippen LogP contribution in [0.3, 0.4) is 0 Å². The highest BCUT2D eigenvalue weighted by Crippen LogP contribution is 2.27. The molecule has 0 aliphatic rings. The van der Waals surface area contributed by atoms with Crippen LogP contribution < -0.4 is 0 Å². The SMILES string of the molecule is Clc1c(Br)cnc2cccnc12. The van der Waals surface area contributed by atoms with Gasteiger partial charge >= 0.3 is 0 Å². The average molecular weight is 243 g/mol. The molecule has 0 fully saturated rings. The molecule has 60 valence electrons. The summed E-state index contributed by atoms with van der Waals surface area (Å²) >= 11 is 9.26. The molecule has 0 atom stereocenters. The monoisotopic (exact) mass is 242 g/mol. The van der Waals surface area contributed by atoms with Crippen LogP contribution >= 0.6 is 27.5 Å². The van der Waals surface area contributed by atoms with Gasteiger partial charge in [0.1, 0.15) is 5.52 Å². The number of aromatic nitrogens is 2. The summed E-state index contributed by atoms with van der Waals surface area (Å²) in [6.07, 6.45) is 3.37. The van der Waals surface area contributed by atoms with Gasteiger partial charge in [-0.15, -0.1) is 0 Å². The van der Waals surface area contributed by atoms with Crippen molar-refractivity contribution in [1.82, 2.24) is 9.97 Å². The van der Waals surface area contributed by atoms with Crippen molar-refractivity contribution in [3.63, 3.8) is 0 Å². The van der Waals surface area contributed by atoms with Crippen molar-refractivity contribution >= 4 is 38.6 Å². The van der Waals surface area contributed by atoms with Crippen molar-refractivity contribution in [3.8, 4) is 0 Å². The van der Waals surface area contributed by atoms with Crippen LogP contribution in [0.2, 0.25) is 5.02 Å². The molecule has 0 saturated carbocycles. The lowest BCUT2D eigenvalue weighted by atomic mass is 10.3. The van der Waals surface area contributed by atoms with Crippen molar-refractivity contribution in [1.29, 1.82) is 0 Å². The molecule has 4 heteroatoms. The van der Waals surface area contributed by atoms with Crippen LogP contribution in [-0.4, -0.2) is 9.97 Å². The predicted molar refractivity (Wildman–Crippen MR) is 52.2 cm³/mol. The van der Waals surface area contributed by atoms with Gasteiger partial charge in [0, 0.05) is 12.4 Å². The highest BCUT2D eigenvalue weighted by molar-refractivity contribution is 9.10. The molecule has 0 radical (unpaired) electrons. The lowest BCUT2D eigenvalue weighted by Crippen LogP contribution is -1.83. The number of fused-ring (bicyclic) bond motifs is 1. The molecule has 2 nitrogen and oxygen atoms in total. The van der Waals surface area contributed by atoms with Gasteiger partial charge in [-0.1, -0.05) is 11.6 Å².